The van der Waals surface area contributed by atoms with E-state index in [2.05, 4.69) is 65.0 Å². The van der Waals surface area contributed by atoms with Gasteiger partial charge in [0.25, 0.3) is 0 Å². The van der Waals surface area contributed by atoms with Gasteiger partial charge in [-0.05, 0) is 53.2 Å². The molecule has 0 spiro atoms. The van der Waals surface area contributed by atoms with Crippen LogP contribution in [0.1, 0.15) is 17.0 Å². The Kier molecular flexibility index (Phi) is 5.23. The van der Waals surface area contributed by atoms with Crippen LogP contribution in [0.25, 0.3) is 21.8 Å². The van der Waals surface area contributed by atoms with Crippen LogP contribution in [0, 0.1) is 5.82 Å². The van der Waals surface area contributed by atoms with Crippen LogP contribution < -0.4 is 0 Å². The van der Waals surface area contributed by atoms with Crippen molar-refractivity contribution in [2.45, 2.75) is 19.6 Å². The topological polar surface area (TPSA) is 21.1 Å². The molecule has 0 atom stereocenters. The first-order valence-electron chi connectivity index (χ1n) is 10.5. The van der Waals surface area contributed by atoms with E-state index in [1.165, 1.54) is 28.5 Å². The highest BCUT2D eigenvalue weighted by molar-refractivity contribution is 5.85. The average molecular weight is 410 g/mol. The minimum atomic E-state index is -0.214. The van der Waals surface area contributed by atoms with Gasteiger partial charge in [-0.2, -0.15) is 0 Å². The van der Waals surface area contributed by atoms with Crippen molar-refractivity contribution in [3.63, 3.8) is 0 Å². The molecule has 0 bridgehead atoms. The zero-order valence-corrected chi connectivity index (χ0v) is 17.5. The second kappa shape index (κ2) is 8.32. The van der Waals surface area contributed by atoms with Gasteiger partial charge in [-0.25, -0.2) is 9.37 Å². The van der Waals surface area contributed by atoms with Gasteiger partial charge in [0, 0.05) is 13.1 Å². The monoisotopic (exact) mass is 409 g/mol. The Morgan fingerprint density at radius 3 is 2.42 bits per heavy atom. The molecule has 0 aliphatic heterocycles. The third-order valence-corrected chi connectivity index (χ3v) is 5.72. The summed E-state index contributed by atoms with van der Waals surface area (Å²) in [4.78, 5) is 7.21. The van der Waals surface area contributed by atoms with Gasteiger partial charge in [-0.15, -0.1) is 0 Å². The van der Waals surface area contributed by atoms with Crippen molar-refractivity contribution in [1.29, 1.82) is 0 Å². The molecule has 0 saturated heterocycles. The van der Waals surface area contributed by atoms with Gasteiger partial charge in [0.05, 0.1) is 17.6 Å². The molecule has 31 heavy (non-hydrogen) atoms. The lowest BCUT2D eigenvalue weighted by atomic mass is 10.0. The summed E-state index contributed by atoms with van der Waals surface area (Å²) < 4.78 is 15.6. The first kappa shape index (κ1) is 19.5. The first-order chi connectivity index (χ1) is 15.2. The third-order valence-electron chi connectivity index (χ3n) is 5.72. The van der Waals surface area contributed by atoms with Crippen LogP contribution in [0.4, 0.5) is 4.39 Å². The molecule has 0 amide bonds. The summed E-state index contributed by atoms with van der Waals surface area (Å²) in [6.07, 6.45) is 0. The number of imidazole rings is 1. The second-order valence-corrected chi connectivity index (χ2v) is 8.04. The number of halogens is 1. The molecule has 0 aliphatic carbocycles. The highest BCUT2D eigenvalue weighted by Gasteiger charge is 2.14. The normalized spacial score (nSPS) is 11.6. The Bertz CT molecular complexity index is 1330. The summed E-state index contributed by atoms with van der Waals surface area (Å²) in [6, 6.07) is 29.9. The number of fused-ring (bicyclic) bond motifs is 2. The lowest BCUT2D eigenvalue weighted by Gasteiger charge is -2.19. The van der Waals surface area contributed by atoms with E-state index in [9.17, 15) is 4.39 Å². The minimum absolute atomic E-state index is 0.214. The maximum absolute atomic E-state index is 13.4. The van der Waals surface area contributed by atoms with E-state index in [4.69, 9.17) is 4.98 Å². The highest BCUT2D eigenvalue weighted by Crippen LogP contribution is 2.22. The van der Waals surface area contributed by atoms with Crippen LogP contribution in [-0.4, -0.2) is 21.5 Å². The van der Waals surface area contributed by atoms with Crippen molar-refractivity contribution in [1.82, 2.24) is 14.5 Å². The smallest absolute Gasteiger partial charge is 0.124 e. The first-order valence-corrected chi connectivity index (χ1v) is 10.5. The van der Waals surface area contributed by atoms with Crippen molar-refractivity contribution >= 4 is 21.8 Å². The zero-order chi connectivity index (χ0) is 21.2. The highest BCUT2D eigenvalue weighted by atomic mass is 19.1. The molecule has 1 heterocycles. The Hall–Kier alpha value is -3.50. The van der Waals surface area contributed by atoms with E-state index in [1.54, 1.807) is 0 Å². The van der Waals surface area contributed by atoms with Gasteiger partial charge in [0.2, 0.25) is 0 Å². The summed E-state index contributed by atoms with van der Waals surface area (Å²) in [6.45, 7) is 2.22. The number of nitrogens with zero attached hydrogens (tertiary/aromatic N) is 3. The Balaban J connectivity index is 1.44. The molecule has 4 heteroatoms. The van der Waals surface area contributed by atoms with Crippen LogP contribution in [0.15, 0.2) is 91.0 Å². The molecule has 3 nitrogen and oxygen atoms in total. The largest absolute Gasteiger partial charge is 0.322 e. The van der Waals surface area contributed by atoms with E-state index in [0.717, 1.165) is 35.5 Å². The summed E-state index contributed by atoms with van der Waals surface area (Å²) in [5.41, 5.74) is 4.45. The van der Waals surface area contributed by atoms with Crippen molar-refractivity contribution in [3.8, 4) is 0 Å². The fraction of sp³-hybridized carbons (Fsp3) is 0.148. The van der Waals surface area contributed by atoms with Crippen molar-refractivity contribution < 1.29 is 4.39 Å². The fourth-order valence-corrected chi connectivity index (χ4v) is 4.21. The van der Waals surface area contributed by atoms with E-state index < -0.39 is 0 Å². The number of para-hydroxylation sites is 2. The minimum Gasteiger partial charge on any atom is -0.322 e. The molecule has 4 aromatic carbocycles. The molecule has 0 fully saturated rings. The SMILES string of the molecule is CN(Cc1cccc2ccccc12)Cc1nc2ccccc2n1Cc1ccc(F)cc1. The standard InChI is InChI=1S/C27H24FN3/c1-30(18-22-9-6-8-21-7-2-3-10-24(21)22)19-27-29-25-11-4-5-12-26(25)31(27)17-20-13-15-23(28)16-14-20/h2-16H,17-19H2,1H3. The van der Waals surface area contributed by atoms with E-state index in [0.29, 0.717) is 6.54 Å². The quantitative estimate of drug-likeness (QED) is 0.342. The predicted octanol–water partition coefficient (Wildman–Crippen LogP) is 6.01. The van der Waals surface area contributed by atoms with E-state index in [-0.39, 0.29) is 5.82 Å². The number of hydrogen-bond donors (Lipinski definition) is 0. The molecular formula is C27H24FN3. The molecule has 5 aromatic rings. The molecule has 0 radical (unpaired) electrons. The van der Waals surface area contributed by atoms with Gasteiger partial charge in [0.15, 0.2) is 0 Å². The van der Waals surface area contributed by atoms with Crippen LogP contribution in [0.3, 0.4) is 0 Å². The van der Waals surface area contributed by atoms with Gasteiger partial charge in [0.1, 0.15) is 11.6 Å². The summed E-state index contributed by atoms with van der Waals surface area (Å²) in [5.74, 6) is 0.794. The molecule has 0 aliphatic rings. The van der Waals surface area contributed by atoms with Gasteiger partial charge in [-0.1, -0.05) is 66.7 Å². The van der Waals surface area contributed by atoms with Gasteiger partial charge in [-0.3, -0.25) is 4.90 Å². The molecule has 0 saturated carbocycles. The Morgan fingerprint density at radius 1 is 0.806 bits per heavy atom. The predicted molar refractivity (Wildman–Crippen MR) is 124 cm³/mol. The Morgan fingerprint density at radius 2 is 1.55 bits per heavy atom. The second-order valence-electron chi connectivity index (χ2n) is 8.04. The summed E-state index contributed by atoms with van der Waals surface area (Å²) >= 11 is 0. The number of hydrogen-bond acceptors (Lipinski definition) is 2. The molecule has 1 aromatic heterocycles. The fourth-order valence-electron chi connectivity index (χ4n) is 4.21. The Labute approximate surface area is 181 Å². The molecular weight excluding hydrogens is 385 g/mol. The van der Waals surface area contributed by atoms with Gasteiger partial charge < -0.3 is 4.57 Å². The summed E-state index contributed by atoms with van der Waals surface area (Å²) in [5, 5.41) is 2.55. The van der Waals surface area contributed by atoms with Crippen molar-refractivity contribution in [2.75, 3.05) is 7.05 Å². The average Bonchev–Trinajstić information content (AvgIpc) is 3.12. The van der Waals surface area contributed by atoms with Crippen molar-refractivity contribution in [3.05, 3.63) is 114 Å². The molecule has 0 unspecified atom stereocenters. The lowest BCUT2D eigenvalue weighted by molar-refractivity contribution is 0.308. The molecule has 5 rings (SSSR count). The molecule has 0 N–H and O–H groups in total. The van der Waals surface area contributed by atoms with E-state index >= 15 is 0 Å². The van der Waals surface area contributed by atoms with Crippen molar-refractivity contribution in [2.24, 2.45) is 0 Å². The van der Waals surface area contributed by atoms with E-state index in [1.807, 2.05) is 30.3 Å². The maximum atomic E-state index is 13.4. The summed E-state index contributed by atoms with van der Waals surface area (Å²) in [7, 11) is 2.13. The molecule has 154 valence electrons. The third kappa shape index (κ3) is 4.07. The van der Waals surface area contributed by atoms with Crippen LogP contribution in [-0.2, 0) is 19.6 Å². The zero-order valence-electron chi connectivity index (χ0n) is 17.5. The number of benzene rings is 4. The van der Waals surface area contributed by atoms with Crippen LogP contribution in [0.2, 0.25) is 0 Å². The number of aromatic nitrogens is 2. The van der Waals surface area contributed by atoms with Gasteiger partial charge >= 0.3 is 0 Å². The van der Waals surface area contributed by atoms with Crippen LogP contribution in [0.5, 0.6) is 0 Å². The van der Waals surface area contributed by atoms with Crippen LogP contribution >= 0.6 is 0 Å². The lowest BCUT2D eigenvalue weighted by Crippen LogP contribution is -2.20. The number of rotatable bonds is 6. The maximum Gasteiger partial charge on any atom is 0.124 e.